The molecule has 1 aromatic heterocycles. The molecule has 0 fully saturated rings. The van der Waals surface area contributed by atoms with Crippen molar-refractivity contribution in [3.8, 4) is 5.75 Å². The van der Waals surface area contributed by atoms with E-state index in [0.29, 0.717) is 38.0 Å². The Balaban J connectivity index is 2.07. The monoisotopic (exact) mass is 330 g/mol. The minimum atomic E-state index is 0.0404. The van der Waals surface area contributed by atoms with E-state index in [1.165, 1.54) is 0 Å². The Labute approximate surface area is 141 Å². The summed E-state index contributed by atoms with van der Waals surface area (Å²) in [4.78, 5) is 4.50. The highest BCUT2D eigenvalue weighted by Crippen LogP contribution is 2.45. The van der Waals surface area contributed by atoms with Crippen LogP contribution in [0, 0.1) is 0 Å². The molecule has 24 heavy (non-hydrogen) atoms. The van der Waals surface area contributed by atoms with Gasteiger partial charge in [0.25, 0.3) is 6.73 Å². The van der Waals surface area contributed by atoms with Crippen LogP contribution in [0.2, 0.25) is 0 Å². The van der Waals surface area contributed by atoms with Crippen molar-refractivity contribution in [1.29, 1.82) is 0 Å². The van der Waals surface area contributed by atoms with Crippen LogP contribution in [0.3, 0.4) is 0 Å². The van der Waals surface area contributed by atoms with E-state index >= 15 is 0 Å². The van der Waals surface area contributed by atoms with E-state index in [1.807, 2.05) is 29.8 Å². The summed E-state index contributed by atoms with van der Waals surface area (Å²) in [5.41, 5.74) is 14.3. The summed E-state index contributed by atoms with van der Waals surface area (Å²) in [7, 11) is 0. The number of fused-ring (bicyclic) bond motifs is 3. The highest BCUT2D eigenvalue weighted by Gasteiger charge is 2.36. The second kappa shape index (κ2) is 7.11. The van der Waals surface area contributed by atoms with Gasteiger partial charge in [0.15, 0.2) is 11.5 Å². The number of azo groups is 2. The third kappa shape index (κ3) is 2.92. The van der Waals surface area contributed by atoms with Gasteiger partial charge >= 0.3 is 0 Å². The number of nitrogens with two attached hydrogens (primary N) is 2. The van der Waals surface area contributed by atoms with Gasteiger partial charge in [-0.15, -0.1) is 0 Å². The minimum absolute atomic E-state index is 0.0404. The summed E-state index contributed by atoms with van der Waals surface area (Å²) in [6, 6.07) is 5.86. The number of benzene rings is 1. The van der Waals surface area contributed by atoms with E-state index in [9.17, 15) is 0 Å². The van der Waals surface area contributed by atoms with Crippen molar-refractivity contribution >= 4 is 22.4 Å². The largest absolute Gasteiger partial charge is 0.493 e. The molecule has 7 nitrogen and oxygen atoms in total. The van der Waals surface area contributed by atoms with Crippen molar-refractivity contribution in [2.45, 2.75) is 26.3 Å². The number of hydrogen-bond donors (Lipinski definition) is 2. The summed E-state index contributed by atoms with van der Waals surface area (Å²) in [6.45, 7) is 6.28. The molecule has 0 saturated carbocycles. The lowest BCUT2D eigenvalue weighted by Crippen LogP contribution is -2.15. The Bertz CT molecular complexity index is 775. The molecule has 7 heteroatoms. The van der Waals surface area contributed by atoms with E-state index in [2.05, 4.69) is 17.0 Å². The Morgan fingerprint density at radius 2 is 2.17 bits per heavy atom. The van der Waals surface area contributed by atoms with Gasteiger partial charge in [-0.25, -0.2) is 4.98 Å². The quantitative estimate of drug-likeness (QED) is 0.601. The molecule has 0 saturated heterocycles. The first-order chi connectivity index (χ1) is 11.7. The molecular formula is C17H24N5O2+. The van der Waals surface area contributed by atoms with Gasteiger partial charge in [-0.2, -0.15) is 0 Å². The van der Waals surface area contributed by atoms with Crippen molar-refractivity contribution < 1.29 is 14.2 Å². The number of nitrogens with zero attached hydrogens (tertiary/aromatic N) is 3. The Hall–Kier alpha value is -2.25. The fraction of sp³-hybridized carbons (Fsp3) is 0.471. The molecule has 0 spiro atoms. The van der Waals surface area contributed by atoms with Crippen molar-refractivity contribution in [3.05, 3.63) is 23.8 Å². The van der Waals surface area contributed by atoms with Gasteiger partial charge in [0.2, 0.25) is 6.04 Å². The van der Waals surface area contributed by atoms with Crippen LogP contribution in [0.15, 0.2) is 23.3 Å². The number of pyridine rings is 1. The number of ether oxygens (including phenoxy) is 2. The first kappa shape index (κ1) is 16.6. The van der Waals surface area contributed by atoms with Crippen LogP contribution in [0.5, 0.6) is 5.75 Å². The SMILES string of the molecule is CCOC[N+]1=Nc2c(N)nc3cccc(OCCCN)c3c2C1C. The van der Waals surface area contributed by atoms with Crippen molar-refractivity contribution in [2.75, 3.05) is 32.2 Å². The van der Waals surface area contributed by atoms with Gasteiger partial charge in [0.05, 0.1) is 29.7 Å². The predicted molar refractivity (Wildman–Crippen MR) is 92.6 cm³/mol. The molecule has 0 aliphatic carbocycles. The normalized spacial score (nSPS) is 16.3. The third-order valence-electron chi connectivity index (χ3n) is 4.14. The minimum Gasteiger partial charge on any atom is -0.493 e. The lowest BCUT2D eigenvalue weighted by atomic mass is 10.0. The van der Waals surface area contributed by atoms with E-state index < -0.39 is 0 Å². The highest BCUT2D eigenvalue weighted by molar-refractivity contribution is 5.95. The average molecular weight is 330 g/mol. The molecule has 3 rings (SSSR count). The van der Waals surface area contributed by atoms with Crippen LogP contribution in [0.4, 0.5) is 11.5 Å². The molecular weight excluding hydrogens is 306 g/mol. The average Bonchev–Trinajstić information content (AvgIpc) is 2.91. The van der Waals surface area contributed by atoms with Gasteiger partial charge in [-0.1, -0.05) is 10.8 Å². The van der Waals surface area contributed by atoms with Gasteiger partial charge in [-0.3, -0.25) is 0 Å². The fourth-order valence-electron chi connectivity index (χ4n) is 2.91. The molecule has 0 bridgehead atoms. The molecule has 1 aliphatic rings. The maximum absolute atomic E-state index is 6.13. The molecule has 0 amide bonds. The van der Waals surface area contributed by atoms with Crippen LogP contribution < -0.4 is 16.2 Å². The predicted octanol–water partition coefficient (Wildman–Crippen LogP) is 2.71. The van der Waals surface area contributed by atoms with Crippen molar-refractivity contribution in [2.24, 2.45) is 10.8 Å². The van der Waals surface area contributed by atoms with Crippen LogP contribution >= 0.6 is 0 Å². The number of anilines is 1. The van der Waals surface area contributed by atoms with E-state index in [-0.39, 0.29) is 6.04 Å². The van der Waals surface area contributed by atoms with Crippen molar-refractivity contribution in [3.63, 3.8) is 0 Å². The summed E-state index contributed by atoms with van der Waals surface area (Å²) in [5.74, 6) is 1.23. The second-order valence-electron chi connectivity index (χ2n) is 5.74. The smallest absolute Gasteiger partial charge is 0.273 e. The van der Waals surface area contributed by atoms with Crippen LogP contribution in [0.25, 0.3) is 10.9 Å². The number of rotatable bonds is 7. The molecule has 0 radical (unpaired) electrons. The Morgan fingerprint density at radius 3 is 2.92 bits per heavy atom. The molecule has 1 atom stereocenters. The van der Waals surface area contributed by atoms with E-state index in [4.69, 9.17) is 20.9 Å². The zero-order valence-electron chi connectivity index (χ0n) is 14.2. The second-order valence-corrected chi connectivity index (χ2v) is 5.74. The Kier molecular flexibility index (Phi) is 4.92. The lowest BCUT2D eigenvalue weighted by Gasteiger charge is -2.13. The molecule has 128 valence electrons. The van der Waals surface area contributed by atoms with Gasteiger partial charge < -0.3 is 20.9 Å². The van der Waals surface area contributed by atoms with Gasteiger partial charge in [-0.05, 0) is 32.0 Å². The summed E-state index contributed by atoms with van der Waals surface area (Å²) in [6.07, 6.45) is 0.803. The zero-order chi connectivity index (χ0) is 17.1. The number of aromatic nitrogens is 1. The van der Waals surface area contributed by atoms with Crippen LogP contribution in [0.1, 0.15) is 31.9 Å². The molecule has 1 unspecified atom stereocenters. The maximum Gasteiger partial charge on any atom is 0.273 e. The Morgan fingerprint density at radius 1 is 1.33 bits per heavy atom. The first-order valence-corrected chi connectivity index (χ1v) is 8.28. The highest BCUT2D eigenvalue weighted by atomic mass is 16.5. The topological polar surface area (TPSA) is 98.8 Å². The van der Waals surface area contributed by atoms with Crippen LogP contribution in [-0.4, -0.2) is 36.2 Å². The van der Waals surface area contributed by atoms with E-state index in [1.54, 1.807) is 0 Å². The van der Waals surface area contributed by atoms with E-state index in [0.717, 1.165) is 28.6 Å². The molecule has 2 aromatic rings. The third-order valence-corrected chi connectivity index (χ3v) is 4.14. The summed E-state index contributed by atoms with van der Waals surface area (Å²) >= 11 is 0. The van der Waals surface area contributed by atoms with Crippen LogP contribution in [-0.2, 0) is 4.74 Å². The summed E-state index contributed by atoms with van der Waals surface area (Å²) < 4.78 is 13.3. The molecule has 2 heterocycles. The van der Waals surface area contributed by atoms with Gasteiger partial charge in [0.1, 0.15) is 5.75 Å². The summed E-state index contributed by atoms with van der Waals surface area (Å²) in [5, 5.41) is 5.57. The zero-order valence-corrected chi connectivity index (χ0v) is 14.2. The molecule has 1 aliphatic heterocycles. The van der Waals surface area contributed by atoms with Crippen molar-refractivity contribution in [1.82, 2.24) is 4.98 Å². The number of hydrogen-bond acceptors (Lipinski definition) is 6. The standard InChI is InChI=1S/C17H23N5O2/c1-3-23-10-22-11(2)14-15-12(20-17(19)16(14)21-22)6-4-7-13(15)24-9-5-8-18/h4,6-7,11,19H,3,5,8-10,18H2,1-2H3/p+1. The molecule has 4 N–H and O–H groups in total. The number of nitrogen functional groups attached to an aromatic ring is 1. The fourth-order valence-corrected chi connectivity index (χ4v) is 2.91. The molecule has 1 aromatic carbocycles. The van der Waals surface area contributed by atoms with Gasteiger partial charge in [0, 0.05) is 12.0 Å². The first-order valence-electron chi connectivity index (χ1n) is 8.28. The maximum atomic E-state index is 6.13. The lowest BCUT2D eigenvalue weighted by molar-refractivity contribution is -0.652.